The number of hydrazine groups is 1. The van der Waals surface area contributed by atoms with Crippen LogP contribution in [-0.4, -0.2) is 6.04 Å². The van der Waals surface area contributed by atoms with Gasteiger partial charge in [-0.15, -0.1) is 0 Å². The average molecular weight is 204 g/mol. The zero-order valence-electron chi connectivity index (χ0n) is 9.53. The van der Waals surface area contributed by atoms with Crippen LogP contribution in [0.25, 0.3) is 0 Å². The topological polar surface area (TPSA) is 38.0 Å². The highest BCUT2D eigenvalue weighted by molar-refractivity contribution is 5.36. The molecule has 1 aliphatic rings. The van der Waals surface area contributed by atoms with Gasteiger partial charge >= 0.3 is 0 Å². The highest BCUT2D eigenvalue weighted by Crippen LogP contribution is 2.37. The van der Waals surface area contributed by atoms with Crippen molar-refractivity contribution in [1.82, 2.24) is 5.43 Å². The first-order valence-electron chi connectivity index (χ1n) is 5.78. The summed E-state index contributed by atoms with van der Waals surface area (Å²) in [7, 11) is 0. The molecule has 2 nitrogen and oxygen atoms in total. The molecule has 3 N–H and O–H groups in total. The summed E-state index contributed by atoms with van der Waals surface area (Å²) in [5.41, 5.74) is 5.98. The van der Waals surface area contributed by atoms with Gasteiger partial charge in [-0.05, 0) is 29.9 Å². The molecule has 1 aromatic rings. The van der Waals surface area contributed by atoms with Gasteiger partial charge in [-0.25, -0.2) is 0 Å². The molecular weight excluding hydrogens is 184 g/mol. The molecule has 0 aliphatic heterocycles. The third kappa shape index (κ3) is 1.92. The lowest BCUT2D eigenvalue weighted by atomic mass is 9.87. The number of hydrogen-bond donors (Lipinski definition) is 2. The van der Waals surface area contributed by atoms with E-state index in [2.05, 4.69) is 43.5 Å². The van der Waals surface area contributed by atoms with Crippen LogP contribution in [0.2, 0.25) is 0 Å². The number of rotatable bonds is 3. The molecule has 0 aromatic heterocycles. The van der Waals surface area contributed by atoms with Crippen molar-refractivity contribution in [3.05, 3.63) is 35.4 Å². The predicted molar refractivity (Wildman–Crippen MR) is 63.5 cm³/mol. The number of nitrogens with two attached hydrogens (primary N) is 1. The quantitative estimate of drug-likeness (QED) is 0.585. The van der Waals surface area contributed by atoms with E-state index in [0.717, 1.165) is 0 Å². The Labute approximate surface area is 91.8 Å². The van der Waals surface area contributed by atoms with E-state index in [1.54, 1.807) is 0 Å². The summed E-state index contributed by atoms with van der Waals surface area (Å²) in [5.74, 6) is 6.82. The van der Waals surface area contributed by atoms with Gasteiger partial charge in [0.05, 0.1) is 0 Å². The number of nitrogens with one attached hydrogen (secondary N) is 1. The van der Waals surface area contributed by atoms with Crippen LogP contribution in [0.4, 0.5) is 0 Å². The summed E-state index contributed by atoms with van der Waals surface area (Å²) in [6.45, 7) is 4.46. The summed E-state index contributed by atoms with van der Waals surface area (Å²) >= 11 is 0. The zero-order chi connectivity index (χ0) is 10.8. The van der Waals surface area contributed by atoms with Crippen molar-refractivity contribution in [2.24, 2.45) is 11.8 Å². The fraction of sp³-hybridized carbons (Fsp3) is 0.538. The number of benzene rings is 1. The van der Waals surface area contributed by atoms with Gasteiger partial charge in [-0.1, -0.05) is 38.1 Å². The first-order valence-corrected chi connectivity index (χ1v) is 5.78. The van der Waals surface area contributed by atoms with Gasteiger partial charge in [-0.2, -0.15) is 0 Å². The van der Waals surface area contributed by atoms with Crippen molar-refractivity contribution in [3.8, 4) is 0 Å². The largest absolute Gasteiger partial charge is 0.271 e. The van der Waals surface area contributed by atoms with Crippen LogP contribution in [0, 0.1) is 5.92 Å². The lowest BCUT2D eigenvalue weighted by Gasteiger charge is -2.27. The molecule has 82 valence electrons. The van der Waals surface area contributed by atoms with Crippen molar-refractivity contribution < 1.29 is 0 Å². The van der Waals surface area contributed by atoms with Crippen LogP contribution in [0.3, 0.4) is 0 Å². The highest BCUT2D eigenvalue weighted by Gasteiger charge is 2.30. The molecule has 2 heteroatoms. The van der Waals surface area contributed by atoms with Crippen molar-refractivity contribution in [3.63, 3.8) is 0 Å². The van der Waals surface area contributed by atoms with Crippen LogP contribution < -0.4 is 11.3 Å². The monoisotopic (exact) mass is 204 g/mol. The summed E-state index contributed by atoms with van der Waals surface area (Å²) in [6.07, 6.45) is 2.43. The summed E-state index contributed by atoms with van der Waals surface area (Å²) in [4.78, 5) is 0. The summed E-state index contributed by atoms with van der Waals surface area (Å²) < 4.78 is 0. The summed E-state index contributed by atoms with van der Waals surface area (Å²) in [5, 5.41) is 0. The van der Waals surface area contributed by atoms with Crippen molar-refractivity contribution >= 4 is 0 Å². The number of hydrogen-bond acceptors (Lipinski definition) is 2. The van der Waals surface area contributed by atoms with E-state index in [1.807, 2.05) is 0 Å². The van der Waals surface area contributed by atoms with Crippen LogP contribution in [0.5, 0.6) is 0 Å². The Kier molecular flexibility index (Phi) is 3.08. The maximum Gasteiger partial charge on any atom is 0.0302 e. The molecule has 15 heavy (non-hydrogen) atoms. The molecule has 0 saturated carbocycles. The lowest BCUT2D eigenvalue weighted by Crippen LogP contribution is -2.42. The van der Waals surface area contributed by atoms with Gasteiger partial charge in [0.25, 0.3) is 0 Å². The van der Waals surface area contributed by atoms with Gasteiger partial charge < -0.3 is 0 Å². The third-order valence-electron chi connectivity index (χ3n) is 3.52. The molecule has 0 saturated heterocycles. The molecule has 0 heterocycles. The molecule has 2 unspecified atom stereocenters. The van der Waals surface area contributed by atoms with E-state index in [-0.39, 0.29) is 0 Å². The molecule has 1 aliphatic carbocycles. The molecule has 0 radical (unpaired) electrons. The Morgan fingerprint density at radius 1 is 1.33 bits per heavy atom. The van der Waals surface area contributed by atoms with E-state index in [1.165, 1.54) is 24.0 Å². The molecule has 0 spiro atoms. The Morgan fingerprint density at radius 2 is 2.07 bits per heavy atom. The molecule has 0 bridgehead atoms. The fourth-order valence-electron chi connectivity index (χ4n) is 2.74. The van der Waals surface area contributed by atoms with Crippen molar-refractivity contribution in [2.75, 3.05) is 0 Å². The minimum atomic E-state index is 0.397. The molecule has 2 atom stereocenters. The van der Waals surface area contributed by atoms with Gasteiger partial charge in [0.2, 0.25) is 0 Å². The second kappa shape index (κ2) is 4.33. The van der Waals surface area contributed by atoms with E-state index in [0.29, 0.717) is 17.9 Å². The number of fused-ring (bicyclic) bond motifs is 1. The Balaban J connectivity index is 2.26. The average Bonchev–Trinajstić information content (AvgIpc) is 2.63. The van der Waals surface area contributed by atoms with Crippen molar-refractivity contribution in [2.45, 2.75) is 38.6 Å². The van der Waals surface area contributed by atoms with Crippen molar-refractivity contribution in [1.29, 1.82) is 0 Å². The fourth-order valence-corrected chi connectivity index (χ4v) is 2.74. The lowest BCUT2D eigenvalue weighted by molar-refractivity contribution is 0.344. The minimum Gasteiger partial charge on any atom is -0.271 e. The second-order valence-corrected chi connectivity index (χ2v) is 4.78. The van der Waals surface area contributed by atoms with E-state index < -0.39 is 0 Å². The van der Waals surface area contributed by atoms with Gasteiger partial charge in [0.15, 0.2) is 0 Å². The van der Waals surface area contributed by atoms with E-state index >= 15 is 0 Å². The third-order valence-corrected chi connectivity index (χ3v) is 3.52. The van der Waals surface area contributed by atoms with E-state index in [9.17, 15) is 0 Å². The van der Waals surface area contributed by atoms with E-state index in [4.69, 9.17) is 5.84 Å². The molecule has 0 amide bonds. The van der Waals surface area contributed by atoms with Crippen LogP contribution in [0.1, 0.15) is 37.3 Å². The Morgan fingerprint density at radius 3 is 2.73 bits per heavy atom. The highest BCUT2D eigenvalue weighted by atomic mass is 15.2. The van der Waals surface area contributed by atoms with Gasteiger partial charge in [-0.3, -0.25) is 11.3 Å². The number of aryl methyl sites for hydroxylation is 1. The van der Waals surface area contributed by atoms with Crippen LogP contribution in [-0.2, 0) is 6.42 Å². The normalized spacial score (nSPS) is 21.7. The molecule has 0 fully saturated rings. The van der Waals surface area contributed by atoms with Gasteiger partial charge in [0.1, 0.15) is 0 Å². The maximum absolute atomic E-state index is 5.66. The smallest absolute Gasteiger partial charge is 0.0302 e. The maximum atomic E-state index is 5.66. The predicted octanol–water partition coefficient (Wildman–Crippen LogP) is 2.20. The SMILES string of the molecule is CC(C)C(NN)C1CCc2ccccc21. The van der Waals surface area contributed by atoms with Crippen LogP contribution >= 0.6 is 0 Å². The first-order chi connectivity index (χ1) is 7.24. The van der Waals surface area contributed by atoms with Gasteiger partial charge in [0, 0.05) is 12.0 Å². The zero-order valence-corrected chi connectivity index (χ0v) is 9.53. The Hall–Kier alpha value is -0.860. The minimum absolute atomic E-state index is 0.397. The molecule has 1 aromatic carbocycles. The standard InChI is InChI=1S/C13H20N2/c1-9(2)13(15-14)12-8-7-10-5-3-4-6-11(10)12/h3-6,9,12-13,15H,7-8,14H2,1-2H3. The molecular formula is C13H20N2. The van der Waals surface area contributed by atoms with Crippen LogP contribution in [0.15, 0.2) is 24.3 Å². The molecule has 2 rings (SSSR count). The summed E-state index contributed by atoms with van der Waals surface area (Å²) in [6, 6.07) is 9.14. The second-order valence-electron chi connectivity index (χ2n) is 4.78. The first kappa shape index (κ1) is 10.7. The Bertz CT molecular complexity index is 333.